The van der Waals surface area contributed by atoms with Crippen LogP contribution in [0.25, 0.3) is 0 Å². The van der Waals surface area contributed by atoms with E-state index in [0.29, 0.717) is 23.7 Å². The average molecular weight is 427 g/mol. The van der Waals surface area contributed by atoms with E-state index in [1.54, 1.807) is 42.7 Å². The van der Waals surface area contributed by atoms with Gasteiger partial charge in [0.2, 0.25) is 0 Å². The van der Waals surface area contributed by atoms with Gasteiger partial charge in [-0.2, -0.15) is 0 Å². The fraction of sp³-hybridized carbons (Fsp3) is 0.143. The second kappa shape index (κ2) is 9.75. The van der Waals surface area contributed by atoms with Crippen LogP contribution in [0.5, 0.6) is 11.5 Å². The van der Waals surface area contributed by atoms with E-state index in [2.05, 4.69) is 15.0 Å². The number of sulfonamides is 1. The third-order valence-electron chi connectivity index (χ3n) is 4.04. The normalized spacial score (nSPS) is 10.8. The lowest BCUT2D eigenvalue weighted by Crippen LogP contribution is -2.28. The lowest BCUT2D eigenvalue weighted by atomic mass is 10.3. The van der Waals surface area contributed by atoms with Gasteiger partial charge in [-0.05, 0) is 48.0 Å². The van der Waals surface area contributed by atoms with Crippen LogP contribution in [0.15, 0.2) is 78.0 Å². The van der Waals surface area contributed by atoms with E-state index < -0.39 is 10.0 Å². The summed E-state index contributed by atoms with van der Waals surface area (Å²) in [5, 5.41) is 2.72. The zero-order valence-corrected chi connectivity index (χ0v) is 17.1. The van der Waals surface area contributed by atoms with Crippen LogP contribution >= 0.6 is 0 Å². The van der Waals surface area contributed by atoms with Gasteiger partial charge in [0.05, 0.1) is 17.7 Å². The van der Waals surface area contributed by atoms with E-state index in [-0.39, 0.29) is 17.4 Å². The highest BCUT2D eigenvalue weighted by Gasteiger charge is 2.15. The number of carbonyl (C=O) groups is 1. The molecule has 0 fully saturated rings. The van der Waals surface area contributed by atoms with Gasteiger partial charge >= 0.3 is 0 Å². The van der Waals surface area contributed by atoms with Gasteiger partial charge in [-0.15, -0.1) is 0 Å². The SMILES string of the molecule is COc1cccc(NS(=O)(=O)c2ccc(OCC(=O)NCc3cccnc3)cc2)c1. The second-order valence-electron chi connectivity index (χ2n) is 6.24. The Hall–Kier alpha value is -3.59. The molecule has 1 heterocycles. The Morgan fingerprint density at radius 1 is 1.03 bits per heavy atom. The van der Waals surface area contributed by atoms with Crippen LogP contribution in [-0.2, 0) is 21.4 Å². The number of anilines is 1. The highest BCUT2D eigenvalue weighted by molar-refractivity contribution is 7.92. The summed E-state index contributed by atoms with van der Waals surface area (Å²) in [5.74, 6) is 0.628. The summed E-state index contributed by atoms with van der Waals surface area (Å²) in [7, 11) is -2.27. The first-order valence-corrected chi connectivity index (χ1v) is 10.5. The molecule has 0 aliphatic rings. The zero-order valence-electron chi connectivity index (χ0n) is 16.2. The number of hydrogen-bond donors (Lipinski definition) is 2. The van der Waals surface area contributed by atoms with Gasteiger partial charge in [0.1, 0.15) is 11.5 Å². The molecule has 156 valence electrons. The first-order chi connectivity index (χ1) is 14.5. The van der Waals surface area contributed by atoms with Crippen molar-refractivity contribution in [3.8, 4) is 11.5 Å². The highest BCUT2D eigenvalue weighted by atomic mass is 32.2. The first kappa shape index (κ1) is 21.1. The van der Waals surface area contributed by atoms with Gasteiger partial charge in [-0.1, -0.05) is 12.1 Å². The van der Waals surface area contributed by atoms with Crippen molar-refractivity contribution in [3.05, 3.63) is 78.6 Å². The molecule has 1 amide bonds. The largest absolute Gasteiger partial charge is 0.497 e. The minimum absolute atomic E-state index is 0.0682. The van der Waals surface area contributed by atoms with Crippen LogP contribution < -0.4 is 19.5 Å². The van der Waals surface area contributed by atoms with Gasteiger partial charge in [0.15, 0.2) is 6.61 Å². The molecule has 30 heavy (non-hydrogen) atoms. The van der Waals surface area contributed by atoms with E-state index in [9.17, 15) is 13.2 Å². The van der Waals surface area contributed by atoms with Crippen molar-refractivity contribution < 1.29 is 22.7 Å². The third-order valence-corrected chi connectivity index (χ3v) is 5.44. The minimum Gasteiger partial charge on any atom is -0.497 e. The molecule has 9 heteroatoms. The molecule has 0 spiro atoms. The number of methoxy groups -OCH3 is 1. The third kappa shape index (κ3) is 5.95. The van der Waals surface area contributed by atoms with Crippen molar-refractivity contribution in [3.63, 3.8) is 0 Å². The van der Waals surface area contributed by atoms with Gasteiger partial charge in [-0.25, -0.2) is 8.42 Å². The maximum Gasteiger partial charge on any atom is 0.261 e. The second-order valence-corrected chi connectivity index (χ2v) is 7.92. The summed E-state index contributed by atoms with van der Waals surface area (Å²) in [4.78, 5) is 15.9. The van der Waals surface area contributed by atoms with Crippen molar-refractivity contribution in [2.24, 2.45) is 0 Å². The number of rotatable bonds is 9. The molecule has 2 aromatic carbocycles. The molecule has 2 N–H and O–H groups in total. The number of ether oxygens (including phenoxy) is 2. The number of carbonyl (C=O) groups excluding carboxylic acids is 1. The Morgan fingerprint density at radius 2 is 1.83 bits per heavy atom. The molecular weight excluding hydrogens is 406 g/mol. The van der Waals surface area contributed by atoms with Gasteiger partial charge in [-0.3, -0.25) is 14.5 Å². The zero-order chi connectivity index (χ0) is 21.4. The number of hydrogen-bond acceptors (Lipinski definition) is 6. The molecule has 3 aromatic rings. The summed E-state index contributed by atoms with van der Waals surface area (Å²) in [6.07, 6.45) is 3.32. The average Bonchev–Trinajstić information content (AvgIpc) is 2.77. The molecule has 3 rings (SSSR count). The highest BCUT2D eigenvalue weighted by Crippen LogP contribution is 2.22. The number of aromatic nitrogens is 1. The van der Waals surface area contributed by atoms with Gasteiger partial charge in [0, 0.05) is 25.0 Å². The predicted octanol–water partition coefficient (Wildman–Crippen LogP) is 2.59. The van der Waals surface area contributed by atoms with E-state index >= 15 is 0 Å². The quantitative estimate of drug-likeness (QED) is 0.544. The topological polar surface area (TPSA) is 107 Å². The Morgan fingerprint density at radius 3 is 2.53 bits per heavy atom. The summed E-state index contributed by atoms with van der Waals surface area (Å²) < 4.78 is 38.1. The minimum atomic E-state index is -3.77. The molecule has 1 aromatic heterocycles. The Labute approximate surface area is 174 Å². The Bertz CT molecular complexity index is 1090. The molecule has 0 aliphatic heterocycles. The molecule has 0 radical (unpaired) electrons. The fourth-order valence-corrected chi connectivity index (χ4v) is 3.57. The van der Waals surface area contributed by atoms with Crippen LogP contribution in [-0.4, -0.2) is 33.0 Å². The van der Waals surface area contributed by atoms with Crippen LogP contribution in [0.1, 0.15) is 5.56 Å². The van der Waals surface area contributed by atoms with E-state index in [1.807, 2.05) is 6.07 Å². The maximum atomic E-state index is 12.5. The van der Waals surface area contributed by atoms with E-state index in [4.69, 9.17) is 9.47 Å². The number of pyridine rings is 1. The van der Waals surface area contributed by atoms with Crippen molar-refractivity contribution in [2.45, 2.75) is 11.4 Å². The maximum absolute atomic E-state index is 12.5. The summed E-state index contributed by atoms with van der Waals surface area (Å²) in [5.41, 5.74) is 1.27. The number of amides is 1. The Balaban J connectivity index is 1.54. The molecule has 0 atom stereocenters. The molecule has 0 unspecified atom stereocenters. The number of nitrogens with one attached hydrogen (secondary N) is 2. The molecule has 0 saturated carbocycles. The molecule has 0 saturated heterocycles. The van der Waals surface area contributed by atoms with Crippen LogP contribution in [0, 0.1) is 0 Å². The standard InChI is InChI=1S/C21H21N3O5S/c1-28-19-6-2-5-17(12-19)24-30(26,27)20-9-7-18(8-10-20)29-15-21(25)23-14-16-4-3-11-22-13-16/h2-13,24H,14-15H2,1H3,(H,23,25). The van der Waals surface area contributed by atoms with Crippen molar-refractivity contribution in [1.29, 1.82) is 0 Å². The van der Waals surface area contributed by atoms with Crippen molar-refractivity contribution in [2.75, 3.05) is 18.4 Å². The Kier molecular flexibility index (Phi) is 6.87. The fourth-order valence-electron chi connectivity index (χ4n) is 2.52. The lowest BCUT2D eigenvalue weighted by Gasteiger charge is -2.11. The van der Waals surface area contributed by atoms with Crippen LogP contribution in [0.4, 0.5) is 5.69 Å². The van der Waals surface area contributed by atoms with Crippen LogP contribution in [0.3, 0.4) is 0 Å². The molecule has 0 bridgehead atoms. The molecule has 8 nitrogen and oxygen atoms in total. The predicted molar refractivity (Wildman–Crippen MR) is 112 cm³/mol. The smallest absolute Gasteiger partial charge is 0.261 e. The molecule has 0 aliphatic carbocycles. The number of benzene rings is 2. The monoisotopic (exact) mass is 427 g/mol. The van der Waals surface area contributed by atoms with Crippen LogP contribution in [0.2, 0.25) is 0 Å². The summed E-state index contributed by atoms with van der Waals surface area (Å²) in [6.45, 7) is 0.164. The van der Waals surface area contributed by atoms with Gasteiger partial charge < -0.3 is 14.8 Å². The van der Waals surface area contributed by atoms with E-state index in [0.717, 1.165) is 5.56 Å². The lowest BCUT2D eigenvalue weighted by molar-refractivity contribution is -0.123. The van der Waals surface area contributed by atoms with E-state index in [1.165, 1.54) is 31.4 Å². The summed E-state index contributed by atoms with van der Waals surface area (Å²) >= 11 is 0. The van der Waals surface area contributed by atoms with Crippen molar-refractivity contribution in [1.82, 2.24) is 10.3 Å². The molecular formula is C21H21N3O5S. The van der Waals surface area contributed by atoms with Gasteiger partial charge in [0.25, 0.3) is 15.9 Å². The van der Waals surface area contributed by atoms with Crippen molar-refractivity contribution >= 4 is 21.6 Å². The summed E-state index contributed by atoms with van der Waals surface area (Å²) in [6, 6.07) is 16.1. The first-order valence-electron chi connectivity index (χ1n) is 9.01. The number of nitrogens with zero attached hydrogens (tertiary/aromatic N) is 1.